The summed E-state index contributed by atoms with van der Waals surface area (Å²) in [5.74, 6) is -0.599. The molecule has 1 aliphatic carbocycles. The minimum atomic E-state index is -2.79. The summed E-state index contributed by atoms with van der Waals surface area (Å²) >= 11 is 0.910. The van der Waals surface area contributed by atoms with Gasteiger partial charge in [-0.1, -0.05) is 0 Å². The third kappa shape index (κ3) is 4.06. The minimum Gasteiger partial charge on any atom is -0.461 e. The molecule has 182 valence electrons. The highest BCUT2D eigenvalue weighted by Gasteiger charge is 2.44. The van der Waals surface area contributed by atoms with E-state index in [1.54, 1.807) is 6.92 Å². The molecule has 34 heavy (non-hydrogen) atoms. The molecule has 0 aromatic carbocycles. The van der Waals surface area contributed by atoms with Gasteiger partial charge in [-0.15, -0.1) is 11.3 Å². The SMILES string of the molecule is CCOC(=O)c1nc(C(=O)N2C3CCC2CC3)c(-c2cnc(NC3(C)CCC3)cc2C(F)F)s1. The fraction of sp³-hybridized carbons (Fsp3) is 0.583. The maximum Gasteiger partial charge on any atom is 0.367 e. The number of nitrogens with zero attached hydrogens (tertiary/aromatic N) is 3. The van der Waals surface area contributed by atoms with Crippen LogP contribution in [0.3, 0.4) is 0 Å². The molecule has 1 saturated carbocycles. The van der Waals surface area contributed by atoms with Gasteiger partial charge in [0, 0.05) is 34.9 Å². The first kappa shape index (κ1) is 23.1. The molecule has 0 atom stereocenters. The van der Waals surface area contributed by atoms with Crippen LogP contribution in [0.25, 0.3) is 10.4 Å². The van der Waals surface area contributed by atoms with Gasteiger partial charge in [0.2, 0.25) is 5.01 Å². The average molecular weight is 491 g/mol. The van der Waals surface area contributed by atoms with Gasteiger partial charge in [0.1, 0.15) is 11.5 Å². The van der Waals surface area contributed by atoms with Crippen LogP contribution in [0.1, 0.15) is 91.1 Å². The fourth-order valence-corrected chi connectivity index (χ4v) is 6.33. The Hall–Kier alpha value is -2.62. The van der Waals surface area contributed by atoms with Crippen LogP contribution in [0.15, 0.2) is 12.3 Å². The summed E-state index contributed by atoms with van der Waals surface area (Å²) in [5.41, 5.74) is -0.228. The number of hydrogen-bond donors (Lipinski definition) is 1. The molecule has 1 N–H and O–H groups in total. The van der Waals surface area contributed by atoms with Crippen LogP contribution in [0.2, 0.25) is 0 Å². The van der Waals surface area contributed by atoms with Crippen molar-refractivity contribution in [3.63, 3.8) is 0 Å². The van der Waals surface area contributed by atoms with Gasteiger partial charge in [0.15, 0.2) is 0 Å². The largest absolute Gasteiger partial charge is 0.461 e. The summed E-state index contributed by atoms with van der Waals surface area (Å²) < 4.78 is 33.5. The molecule has 5 rings (SSSR count). The lowest BCUT2D eigenvalue weighted by Crippen LogP contribution is -2.41. The highest BCUT2D eigenvalue weighted by Crippen LogP contribution is 2.43. The third-order valence-corrected chi connectivity index (χ3v) is 8.34. The predicted molar refractivity (Wildman–Crippen MR) is 124 cm³/mol. The van der Waals surface area contributed by atoms with Crippen LogP contribution in [0.4, 0.5) is 14.6 Å². The van der Waals surface area contributed by atoms with Crippen molar-refractivity contribution in [2.24, 2.45) is 0 Å². The minimum absolute atomic E-state index is 0.0175. The fourth-order valence-electron chi connectivity index (χ4n) is 5.35. The van der Waals surface area contributed by atoms with E-state index in [1.165, 1.54) is 12.3 Å². The number of fused-ring (bicyclic) bond motifs is 2. The van der Waals surface area contributed by atoms with Gasteiger partial charge in [0.25, 0.3) is 12.3 Å². The Bertz CT molecular complexity index is 1100. The number of esters is 1. The molecule has 0 radical (unpaired) electrons. The van der Waals surface area contributed by atoms with Gasteiger partial charge in [0.05, 0.1) is 11.5 Å². The van der Waals surface area contributed by atoms with Gasteiger partial charge in [-0.25, -0.2) is 23.5 Å². The Morgan fingerprint density at radius 3 is 2.50 bits per heavy atom. The van der Waals surface area contributed by atoms with E-state index >= 15 is 0 Å². The second-order valence-electron chi connectivity index (χ2n) is 9.59. The van der Waals surface area contributed by atoms with Crippen LogP contribution in [-0.4, -0.2) is 51.0 Å². The number of pyridine rings is 1. The van der Waals surface area contributed by atoms with Crippen molar-refractivity contribution >= 4 is 29.0 Å². The molecule has 0 unspecified atom stereocenters. The molecule has 7 nitrogen and oxygen atoms in total. The summed E-state index contributed by atoms with van der Waals surface area (Å²) in [6.45, 7) is 3.87. The monoisotopic (exact) mass is 490 g/mol. The van der Waals surface area contributed by atoms with E-state index in [0.717, 1.165) is 56.3 Å². The predicted octanol–water partition coefficient (Wildman–Crippen LogP) is 5.44. The summed E-state index contributed by atoms with van der Waals surface area (Å²) in [4.78, 5) is 36.8. The number of carbonyl (C=O) groups excluding carboxylic acids is 2. The Morgan fingerprint density at radius 1 is 1.26 bits per heavy atom. The molecule has 2 bridgehead atoms. The Balaban J connectivity index is 1.56. The first-order chi connectivity index (χ1) is 16.3. The number of aromatic nitrogens is 2. The van der Waals surface area contributed by atoms with Crippen LogP contribution in [0.5, 0.6) is 0 Å². The number of thiazole rings is 1. The maximum absolute atomic E-state index is 14.2. The highest BCUT2D eigenvalue weighted by atomic mass is 32.1. The van der Waals surface area contributed by atoms with E-state index in [1.807, 2.05) is 11.8 Å². The van der Waals surface area contributed by atoms with Crippen molar-refractivity contribution in [2.75, 3.05) is 11.9 Å². The smallest absolute Gasteiger partial charge is 0.367 e. The molecule has 2 saturated heterocycles. The van der Waals surface area contributed by atoms with Gasteiger partial charge in [-0.3, -0.25) is 4.79 Å². The van der Waals surface area contributed by atoms with Crippen molar-refractivity contribution < 1.29 is 23.1 Å². The number of alkyl halides is 2. The maximum atomic E-state index is 14.2. The molecule has 3 aliphatic rings. The van der Waals surface area contributed by atoms with Gasteiger partial charge >= 0.3 is 5.97 Å². The summed E-state index contributed by atoms with van der Waals surface area (Å²) in [5, 5.41) is 3.25. The number of hydrogen-bond acceptors (Lipinski definition) is 7. The van der Waals surface area contributed by atoms with Crippen LogP contribution >= 0.6 is 11.3 Å². The lowest BCUT2D eigenvalue weighted by Gasteiger charge is -2.39. The zero-order chi connectivity index (χ0) is 24.0. The van der Waals surface area contributed by atoms with Gasteiger partial charge in [-0.2, -0.15) is 0 Å². The lowest BCUT2D eigenvalue weighted by atomic mass is 9.78. The molecule has 2 aliphatic heterocycles. The summed E-state index contributed by atoms with van der Waals surface area (Å²) in [6.07, 6.45) is 5.31. The number of ether oxygens (including phenoxy) is 1. The highest BCUT2D eigenvalue weighted by molar-refractivity contribution is 7.17. The van der Waals surface area contributed by atoms with Crippen LogP contribution < -0.4 is 5.32 Å². The number of nitrogens with one attached hydrogen (secondary N) is 1. The quantitative estimate of drug-likeness (QED) is 0.520. The Labute approximate surface area is 200 Å². The van der Waals surface area contributed by atoms with Crippen molar-refractivity contribution in [1.82, 2.24) is 14.9 Å². The summed E-state index contributed by atoms with van der Waals surface area (Å²) in [6, 6.07) is 1.63. The van der Waals surface area contributed by atoms with Crippen LogP contribution in [-0.2, 0) is 4.74 Å². The molecule has 10 heteroatoms. The zero-order valence-electron chi connectivity index (χ0n) is 19.3. The molecule has 4 heterocycles. The molecular weight excluding hydrogens is 462 g/mol. The van der Waals surface area contributed by atoms with Crippen molar-refractivity contribution in [2.45, 2.75) is 82.8 Å². The molecular formula is C24H28F2N4O3S. The van der Waals surface area contributed by atoms with E-state index in [2.05, 4.69) is 15.3 Å². The van der Waals surface area contributed by atoms with Gasteiger partial charge in [-0.05, 0) is 64.9 Å². The average Bonchev–Trinajstić information content (AvgIpc) is 3.52. The second-order valence-corrected chi connectivity index (χ2v) is 10.6. The van der Waals surface area contributed by atoms with Crippen molar-refractivity contribution in [1.29, 1.82) is 0 Å². The van der Waals surface area contributed by atoms with Crippen molar-refractivity contribution in [3.05, 3.63) is 28.5 Å². The number of amides is 1. The number of rotatable bonds is 7. The topological polar surface area (TPSA) is 84.4 Å². The Kier molecular flexibility index (Phi) is 6.03. The number of carbonyl (C=O) groups is 2. The Morgan fingerprint density at radius 2 is 1.94 bits per heavy atom. The van der Waals surface area contributed by atoms with E-state index < -0.39 is 12.4 Å². The second kappa shape index (κ2) is 8.87. The van der Waals surface area contributed by atoms with Crippen molar-refractivity contribution in [3.8, 4) is 10.4 Å². The van der Waals surface area contributed by atoms with E-state index in [9.17, 15) is 18.4 Å². The van der Waals surface area contributed by atoms with E-state index in [4.69, 9.17) is 4.74 Å². The lowest BCUT2D eigenvalue weighted by molar-refractivity contribution is 0.0525. The van der Waals surface area contributed by atoms with E-state index in [0.29, 0.717) is 5.82 Å². The first-order valence-corrected chi connectivity index (χ1v) is 12.7. The standard InChI is InChI=1S/C24H28F2N4O3S/c1-3-33-23(32)21-28-18(22(31)30-13-5-6-14(30)8-7-13)19(34-21)16-12-27-17(11-15(16)20(25)26)29-24(2)9-4-10-24/h11-14,20H,3-10H2,1-2H3,(H,27,29). The first-order valence-electron chi connectivity index (χ1n) is 11.9. The molecule has 1 amide bonds. The normalized spacial score (nSPS) is 22.7. The molecule has 2 aromatic rings. The van der Waals surface area contributed by atoms with Gasteiger partial charge < -0.3 is 15.0 Å². The van der Waals surface area contributed by atoms with Crippen LogP contribution in [0, 0.1) is 0 Å². The summed E-state index contributed by atoms with van der Waals surface area (Å²) in [7, 11) is 0. The molecule has 2 aromatic heterocycles. The number of anilines is 1. The molecule has 3 fully saturated rings. The molecule has 0 spiro atoms. The van der Waals surface area contributed by atoms with E-state index in [-0.39, 0.29) is 56.8 Å². The number of halogens is 2. The third-order valence-electron chi connectivity index (χ3n) is 7.27. The zero-order valence-corrected chi connectivity index (χ0v) is 20.1.